The SMILES string of the molecule is Cc1ccccc1CNC(=O)C(=O)Nc1cnn(CC2CCCO2)c1. The molecule has 0 bridgehead atoms. The van der Waals surface area contributed by atoms with Gasteiger partial charge in [0.2, 0.25) is 0 Å². The summed E-state index contributed by atoms with van der Waals surface area (Å²) in [5.41, 5.74) is 2.54. The van der Waals surface area contributed by atoms with Gasteiger partial charge in [0.1, 0.15) is 0 Å². The van der Waals surface area contributed by atoms with Gasteiger partial charge >= 0.3 is 11.8 Å². The molecule has 0 radical (unpaired) electrons. The molecule has 3 rings (SSSR count). The molecule has 2 aromatic rings. The maximum atomic E-state index is 12.0. The Hall–Kier alpha value is -2.67. The summed E-state index contributed by atoms with van der Waals surface area (Å²) in [6.07, 6.45) is 5.48. The van der Waals surface area contributed by atoms with Crippen LogP contribution in [0.5, 0.6) is 0 Å². The van der Waals surface area contributed by atoms with Crippen molar-refractivity contribution in [2.45, 2.75) is 39.0 Å². The van der Waals surface area contributed by atoms with Crippen molar-refractivity contribution in [1.29, 1.82) is 0 Å². The number of hydrogen-bond acceptors (Lipinski definition) is 4. The number of aromatic nitrogens is 2. The second-order valence-corrected chi connectivity index (χ2v) is 6.15. The maximum absolute atomic E-state index is 12.0. The molecule has 1 aliphatic rings. The zero-order chi connectivity index (χ0) is 17.6. The third kappa shape index (κ3) is 4.67. The molecule has 2 amide bonds. The minimum atomic E-state index is -0.703. The zero-order valence-electron chi connectivity index (χ0n) is 14.2. The summed E-state index contributed by atoms with van der Waals surface area (Å²) < 4.78 is 7.28. The molecule has 1 unspecified atom stereocenters. The standard InChI is InChI=1S/C18H22N4O3/c1-13-5-2-3-6-14(13)9-19-17(23)18(24)21-15-10-20-22(11-15)12-16-7-4-8-25-16/h2-3,5-6,10-11,16H,4,7-9,12H2,1H3,(H,19,23)(H,21,24). The van der Waals surface area contributed by atoms with Crippen LogP contribution in [0.15, 0.2) is 36.7 Å². The predicted octanol–water partition coefficient (Wildman–Crippen LogP) is 1.63. The number of nitrogens with zero attached hydrogens (tertiary/aromatic N) is 2. The quantitative estimate of drug-likeness (QED) is 0.809. The molecule has 7 nitrogen and oxygen atoms in total. The molecule has 132 valence electrons. The highest BCUT2D eigenvalue weighted by Gasteiger charge is 2.18. The van der Waals surface area contributed by atoms with Crippen LogP contribution in [0, 0.1) is 6.92 Å². The Morgan fingerprint density at radius 2 is 2.16 bits per heavy atom. The lowest BCUT2D eigenvalue weighted by molar-refractivity contribution is -0.136. The highest BCUT2D eigenvalue weighted by atomic mass is 16.5. The van der Waals surface area contributed by atoms with Crippen LogP contribution in [0.3, 0.4) is 0 Å². The second-order valence-electron chi connectivity index (χ2n) is 6.15. The molecule has 0 aliphatic carbocycles. The van der Waals surface area contributed by atoms with Crippen molar-refractivity contribution < 1.29 is 14.3 Å². The van der Waals surface area contributed by atoms with Crippen molar-refractivity contribution in [3.8, 4) is 0 Å². The molecule has 2 heterocycles. The van der Waals surface area contributed by atoms with Gasteiger partial charge in [-0.1, -0.05) is 24.3 Å². The first-order valence-corrected chi connectivity index (χ1v) is 8.39. The average Bonchev–Trinajstić information content (AvgIpc) is 3.26. The highest BCUT2D eigenvalue weighted by Crippen LogP contribution is 2.15. The van der Waals surface area contributed by atoms with Crippen LogP contribution in [0.1, 0.15) is 24.0 Å². The first-order chi connectivity index (χ1) is 12.1. The number of aryl methyl sites for hydroxylation is 1. The van der Waals surface area contributed by atoms with E-state index in [1.807, 2.05) is 31.2 Å². The smallest absolute Gasteiger partial charge is 0.313 e. The fourth-order valence-corrected chi connectivity index (χ4v) is 2.78. The van der Waals surface area contributed by atoms with E-state index in [0.29, 0.717) is 18.8 Å². The number of benzene rings is 1. The van der Waals surface area contributed by atoms with Crippen LogP contribution < -0.4 is 10.6 Å². The summed E-state index contributed by atoms with van der Waals surface area (Å²) in [6, 6.07) is 7.71. The van der Waals surface area contributed by atoms with Gasteiger partial charge in [-0.3, -0.25) is 14.3 Å². The van der Waals surface area contributed by atoms with Crippen molar-refractivity contribution >= 4 is 17.5 Å². The van der Waals surface area contributed by atoms with Crippen LogP contribution >= 0.6 is 0 Å². The number of amides is 2. The first kappa shape index (κ1) is 17.2. The van der Waals surface area contributed by atoms with E-state index in [9.17, 15) is 9.59 Å². The van der Waals surface area contributed by atoms with E-state index in [2.05, 4.69) is 15.7 Å². The zero-order valence-corrected chi connectivity index (χ0v) is 14.2. The minimum Gasteiger partial charge on any atom is -0.376 e. The molecule has 1 aromatic heterocycles. The van der Waals surface area contributed by atoms with Gasteiger partial charge in [-0.15, -0.1) is 0 Å². The van der Waals surface area contributed by atoms with Crippen LogP contribution in [-0.4, -0.2) is 34.3 Å². The normalized spacial score (nSPS) is 16.6. The number of carbonyl (C=O) groups is 2. The molecular weight excluding hydrogens is 320 g/mol. The molecule has 1 fully saturated rings. The van der Waals surface area contributed by atoms with Crippen LogP contribution in [0.4, 0.5) is 5.69 Å². The minimum absolute atomic E-state index is 0.167. The molecular formula is C18H22N4O3. The van der Waals surface area contributed by atoms with Gasteiger partial charge in [0, 0.05) is 19.3 Å². The second kappa shape index (κ2) is 7.94. The Kier molecular flexibility index (Phi) is 5.45. The predicted molar refractivity (Wildman–Crippen MR) is 92.9 cm³/mol. The molecule has 1 atom stereocenters. The monoisotopic (exact) mass is 342 g/mol. The van der Waals surface area contributed by atoms with E-state index in [0.717, 1.165) is 30.6 Å². The lowest BCUT2D eigenvalue weighted by atomic mass is 10.1. The van der Waals surface area contributed by atoms with Gasteiger partial charge in [0.05, 0.1) is 24.5 Å². The van der Waals surface area contributed by atoms with Crippen LogP contribution in [0.25, 0.3) is 0 Å². The summed E-state index contributed by atoms with van der Waals surface area (Å²) >= 11 is 0. The van der Waals surface area contributed by atoms with E-state index in [1.165, 1.54) is 6.20 Å². The van der Waals surface area contributed by atoms with E-state index >= 15 is 0 Å². The molecule has 0 saturated carbocycles. The Bertz CT molecular complexity index is 750. The number of carbonyl (C=O) groups excluding carboxylic acids is 2. The van der Waals surface area contributed by atoms with E-state index in [1.54, 1.807) is 10.9 Å². The number of hydrogen-bond donors (Lipinski definition) is 2. The average molecular weight is 342 g/mol. The molecule has 7 heteroatoms. The van der Waals surface area contributed by atoms with Crippen molar-refractivity contribution in [2.24, 2.45) is 0 Å². The fraction of sp³-hybridized carbons (Fsp3) is 0.389. The van der Waals surface area contributed by atoms with Gasteiger partial charge in [-0.05, 0) is 30.9 Å². The third-order valence-electron chi connectivity index (χ3n) is 4.21. The topological polar surface area (TPSA) is 85.3 Å². The number of rotatable bonds is 5. The van der Waals surface area contributed by atoms with Crippen molar-refractivity contribution in [3.63, 3.8) is 0 Å². The summed E-state index contributed by atoms with van der Waals surface area (Å²) in [6.45, 7) is 3.72. The summed E-state index contributed by atoms with van der Waals surface area (Å²) in [7, 11) is 0. The lowest BCUT2D eigenvalue weighted by Gasteiger charge is -2.08. The number of ether oxygens (including phenoxy) is 1. The van der Waals surface area contributed by atoms with E-state index < -0.39 is 11.8 Å². The van der Waals surface area contributed by atoms with Gasteiger partial charge in [0.25, 0.3) is 0 Å². The lowest BCUT2D eigenvalue weighted by Crippen LogP contribution is -2.35. The number of anilines is 1. The summed E-state index contributed by atoms with van der Waals surface area (Å²) in [5, 5.41) is 9.38. The molecule has 2 N–H and O–H groups in total. The van der Waals surface area contributed by atoms with E-state index in [-0.39, 0.29) is 6.10 Å². The Morgan fingerprint density at radius 1 is 1.32 bits per heavy atom. The van der Waals surface area contributed by atoms with Crippen molar-refractivity contribution in [2.75, 3.05) is 11.9 Å². The molecule has 1 aliphatic heterocycles. The summed E-state index contributed by atoms with van der Waals surface area (Å²) in [5.74, 6) is -1.37. The highest BCUT2D eigenvalue weighted by molar-refractivity contribution is 6.39. The summed E-state index contributed by atoms with van der Waals surface area (Å²) in [4.78, 5) is 23.9. The maximum Gasteiger partial charge on any atom is 0.313 e. The largest absolute Gasteiger partial charge is 0.376 e. The molecule has 0 spiro atoms. The number of nitrogens with one attached hydrogen (secondary N) is 2. The fourth-order valence-electron chi connectivity index (χ4n) is 2.78. The molecule has 25 heavy (non-hydrogen) atoms. The van der Waals surface area contributed by atoms with Gasteiger partial charge in [-0.2, -0.15) is 5.10 Å². The Labute approximate surface area is 146 Å². The Morgan fingerprint density at radius 3 is 2.92 bits per heavy atom. The van der Waals surface area contributed by atoms with Crippen molar-refractivity contribution in [1.82, 2.24) is 15.1 Å². The van der Waals surface area contributed by atoms with Gasteiger partial charge in [0.15, 0.2) is 0 Å². The van der Waals surface area contributed by atoms with Crippen LogP contribution in [0.2, 0.25) is 0 Å². The van der Waals surface area contributed by atoms with Crippen LogP contribution in [-0.2, 0) is 27.4 Å². The third-order valence-corrected chi connectivity index (χ3v) is 4.21. The van der Waals surface area contributed by atoms with Gasteiger partial charge < -0.3 is 15.4 Å². The van der Waals surface area contributed by atoms with E-state index in [4.69, 9.17) is 4.74 Å². The Balaban J connectivity index is 1.48. The molecule has 1 aromatic carbocycles. The van der Waals surface area contributed by atoms with Gasteiger partial charge in [-0.25, -0.2) is 0 Å². The van der Waals surface area contributed by atoms with Crippen molar-refractivity contribution in [3.05, 3.63) is 47.8 Å². The molecule has 1 saturated heterocycles. The first-order valence-electron chi connectivity index (χ1n) is 8.39.